The van der Waals surface area contributed by atoms with Crippen molar-refractivity contribution in [3.05, 3.63) is 200 Å². The van der Waals surface area contributed by atoms with Crippen molar-refractivity contribution < 1.29 is 0 Å². The predicted octanol–water partition coefficient (Wildman–Crippen LogP) is 15.0. The minimum absolute atomic E-state index is 1.16. The second-order valence-electron chi connectivity index (χ2n) is 15.3. The molecule has 0 atom stereocenters. The minimum Gasteiger partial charge on any atom is -0.309 e. The largest absolute Gasteiger partial charge is 0.309 e. The van der Waals surface area contributed by atoms with Gasteiger partial charge in [0.05, 0.1) is 33.1 Å². The van der Waals surface area contributed by atoms with Crippen molar-refractivity contribution in [2.45, 2.75) is 0 Å². The van der Waals surface area contributed by atoms with Crippen LogP contribution in [0.15, 0.2) is 200 Å². The molecule has 9 aromatic carbocycles. The average molecular weight is 756 g/mol. The molecule has 3 nitrogen and oxygen atoms in total. The molecular weight excluding hydrogens is 723 g/mol. The van der Waals surface area contributed by atoms with Gasteiger partial charge in [-0.15, -0.1) is 11.3 Å². The van der Waals surface area contributed by atoms with E-state index in [1.54, 1.807) is 0 Å². The predicted molar refractivity (Wildman–Crippen MR) is 248 cm³/mol. The molecule has 0 radical (unpaired) electrons. The van der Waals surface area contributed by atoms with Gasteiger partial charge >= 0.3 is 0 Å². The van der Waals surface area contributed by atoms with Crippen LogP contribution in [-0.2, 0) is 0 Å². The Morgan fingerprint density at radius 1 is 0.241 bits per heavy atom. The van der Waals surface area contributed by atoms with Crippen LogP contribution in [0.25, 0.3) is 114 Å². The average Bonchev–Trinajstić information content (AvgIpc) is 4.01. The van der Waals surface area contributed by atoms with Crippen LogP contribution in [0.3, 0.4) is 0 Å². The standard InChI is InChI=1S/C54H33N3S/c1-3-13-36(14-4-1)55-47-20-10-8-18-40(47)45-32-52-46(33-51(45)55)44-30-35(24-28-50(44)56(52)37-15-5-2-6-16-37)34-23-27-49-43(29-34)39-17-7-11-21-48(39)57(49)38-25-26-42-41-19-9-12-22-53(41)58-54(42)31-38/h1-33H. The molecule has 270 valence electrons. The number of para-hydroxylation sites is 4. The highest BCUT2D eigenvalue weighted by molar-refractivity contribution is 7.25. The quantitative estimate of drug-likeness (QED) is 0.170. The molecule has 4 heteroatoms. The maximum Gasteiger partial charge on any atom is 0.0548 e. The maximum absolute atomic E-state index is 2.44. The van der Waals surface area contributed by atoms with Crippen molar-refractivity contribution in [3.8, 4) is 28.2 Å². The molecule has 0 spiro atoms. The van der Waals surface area contributed by atoms with Crippen LogP contribution in [-0.4, -0.2) is 13.7 Å². The lowest BCUT2D eigenvalue weighted by molar-refractivity contribution is 1.17. The maximum atomic E-state index is 2.44. The zero-order valence-corrected chi connectivity index (χ0v) is 32.1. The first-order valence-corrected chi connectivity index (χ1v) is 20.7. The molecule has 13 aromatic rings. The Bertz CT molecular complexity index is 3790. The van der Waals surface area contributed by atoms with Crippen LogP contribution < -0.4 is 0 Å². The number of benzene rings is 9. The van der Waals surface area contributed by atoms with Crippen molar-refractivity contribution >= 4 is 96.9 Å². The molecule has 0 unspecified atom stereocenters. The molecule has 0 fully saturated rings. The SMILES string of the molecule is c1ccc(-n2c3ccccc3c3cc4c(cc32)c2cc(-c3ccc5c(c3)c3ccccc3n5-c3ccc5c(c3)sc3ccccc35)ccc2n4-c2ccccc2)cc1. The number of fused-ring (bicyclic) bond motifs is 12. The fourth-order valence-corrected chi connectivity index (χ4v) is 10.8. The Morgan fingerprint density at radius 3 is 1.28 bits per heavy atom. The Kier molecular flexibility index (Phi) is 6.60. The lowest BCUT2D eigenvalue weighted by Gasteiger charge is -2.10. The molecule has 0 aliphatic carbocycles. The second kappa shape index (κ2) is 12.1. The highest BCUT2D eigenvalue weighted by Gasteiger charge is 2.20. The zero-order valence-electron chi connectivity index (χ0n) is 31.3. The Balaban J connectivity index is 1.04. The summed E-state index contributed by atoms with van der Waals surface area (Å²) < 4.78 is 9.93. The first-order valence-electron chi connectivity index (χ1n) is 19.8. The third kappa shape index (κ3) is 4.49. The fraction of sp³-hybridized carbons (Fsp3) is 0. The third-order valence-corrected chi connectivity index (χ3v) is 13.3. The topological polar surface area (TPSA) is 14.8 Å². The summed E-state index contributed by atoms with van der Waals surface area (Å²) in [6, 6.07) is 73.7. The van der Waals surface area contributed by atoms with Crippen molar-refractivity contribution in [2.75, 3.05) is 0 Å². The van der Waals surface area contributed by atoms with E-state index in [4.69, 9.17) is 0 Å². The molecule has 0 N–H and O–H groups in total. The van der Waals surface area contributed by atoms with E-state index in [0.717, 1.165) is 11.4 Å². The fourth-order valence-electron chi connectivity index (χ4n) is 9.66. The summed E-state index contributed by atoms with van der Waals surface area (Å²) in [5.41, 5.74) is 13.2. The first-order chi connectivity index (χ1) is 28.8. The lowest BCUT2D eigenvalue weighted by atomic mass is 10.00. The van der Waals surface area contributed by atoms with Crippen molar-refractivity contribution in [2.24, 2.45) is 0 Å². The normalized spacial score (nSPS) is 12.1. The van der Waals surface area contributed by atoms with Crippen molar-refractivity contribution in [3.63, 3.8) is 0 Å². The Hall–Kier alpha value is -7.40. The summed E-state index contributed by atoms with van der Waals surface area (Å²) in [6.07, 6.45) is 0. The smallest absolute Gasteiger partial charge is 0.0548 e. The molecule has 0 bridgehead atoms. The molecule has 0 aliphatic rings. The Morgan fingerprint density at radius 2 is 0.672 bits per heavy atom. The van der Waals surface area contributed by atoms with Gasteiger partial charge in [0.15, 0.2) is 0 Å². The van der Waals surface area contributed by atoms with Gasteiger partial charge in [0.2, 0.25) is 0 Å². The van der Waals surface area contributed by atoms with Crippen LogP contribution in [0, 0.1) is 0 Å². The van der Waals surface area contributed by atoms with Gasteiger partial charge in [-0.3, -0.25) is 0 Å². The molecular formula is C54H33N3S. The van der Waals surface area contributed by atoms with Gasteiger partial charge in [0.25, 0.3) is 0 Å². The number of aromatic nitrogens is 3. The molecule has 4 heterocycles. The van der Waals surface area contributed by atoms with E-state index in [9.17, 15) is 0 Å². The van der Waals surface area contributed by atoms with E-state index < -0.39 is 0 Å². The van der Waals surface area contributed by atoms with E-state index in [-0.39, 0.29) is 0 Å². The molecule has 13 rings (SSSR count). The van der Waals surface area contributed by atoms with E-state index in [1.165, 1.54) is 102 Å². The van der Waals surface area contributed by atoms with Gasteiger partial charge in [-0.05, 0) is 102 Å². The van der Waals surface area contributed by atoms with Gasteiger partial charge in [-0.1, -0.05) is 109 Å². The van der Waals surface area contributed by atoms with Gasteiger partial charge in [0, 0.05) is 69.6 Å². The number of hydrogen-bond acceptors (Lipinski definition) is 1. The van der Waals surface area contributed by atoms with Gasteiger partial charge in [-0.2, -0.15) is 0 Å². The first kappa shape index (κ1) is 31.8. The zero-order chi connectivity index (χ0) is 37.9. The monoisotopic (exact) mass is 755 g/mol. The van der Waals surface area contributed by atoms with E-state index in [0.29, 0.717) is 0 Å². The van der Waals surface area contributed by atoms with Crippen LogP contribution in [0.1, 0.15) is 0 Å². The van der Waals surface area contributed by atoms with Gasteiger partial charge in [-0.25, -0.2) is 0 Å². The number of rotatable bonds is 4. The van der Waals surface area contributed by atoms with Crippen molar-refractivity contribution in [1.29, 1.82) is 0 Å². The minimum atomic E-state index is 1.16. The molecule has 0 saturated heterocycles. The molecule has 0 saturated carbocycles. The van der Waals surface area contributed by atoms with Crippen LogP contribution in [0.2, 0.25) is 0 Å². The Labute approximate surface area is 337 Å². The highest BCUT2D eigenvalue weighted by atomic mass is 32.1. The summed E-state index contributed by atoms with van der Waals surface area (Å²) in [6.45, 7) is 0. The number of hydrogen-bond donors (Lipinski definition) is 0. The number of thiophene rings is 1. The van der Waals surface area contributed by atoms with E-state index >= 15 is 0 Å². The number of nitrogens with zero attached hydrogens (tertiary/aromatic N) is 3. The van der Waals surface area contributed by atoms with Crippen molar-refractivity contribution in [1.82, 2.24) is 13.7 Å². The molecule has 4 aromatic heterocycles. The third-order valence-electron chi connectivity index (χ3n) is 12.2. The van der Waals surface area contributed by atoms with Gasteiger partial charge < -0.3 is 13.7 Å². The molecule has 0 amide bonds. The highest BCUT2D eigenvalue weighted by Crippen LogP contribution is 2.42. The summed E-state index contributed by atoms with van der Waals surface area (Å²) in [7, 11) is 0. The summed E-state index contributed by atoms with van der Waals surface area (Å²) in [5.74, 6) is 0. The lowest BCUT2D eigenvalue weighted by Crippen LogP contribution is -1.94. The van der Waals surface area contributed by atoms with Crippen LogP contribution in [0.5, 0.6) is 0 Å². The van der Waals surface area contributed by atoms with Crippen LogP contribution >= 0.6 is 11.3 Å². The summed E-state index contributed by atoms with van der Waals surface area (Å²) in [5, 5.41) is 10.1. The van der Waals surface area contributed by atoms with E-state index in [1.807, 2.05) is 11.3 Å². The summed E-state index contributed by atoms with van der Waals surface area (Å²) >= 11 is 1.87. The van der Waals surface area contributed by atoms with E-state index in [2.05, 4.69) is 214 Å². The summed E-state index contributed by atoms with van der Waals surface area (Å²) in [4.78, 5) is 0. The molecule has 0 aliphatic heterocycles. The molecule has 58 heavy (non-hydrogen) atoms. The van der Waals surface area contributed by atoms with Gasteiger partial charge in [0.1, 0.15) is 0 Å². The van der Waals surface area contributed by atoms with Crippen LogP contribution in [0.4, 0.5) is 0 Å². The second-order valence-corrected chi connectivity index (χ2v) is 16.4.